The highest BCUT2D eigenvalue weighted by Crippen LogP contribution is 2.30. The van der Waals surface area contributed by atoms with Crippen LogP contribution in [0.15, 0.2) is 35.8 Å². The molecule has 0 aliphatic carbocycles. The minimum Gasteiger partial charge on any atom is -0.358 e. The number of nitrogens with zero attached hydrogens (tertiary/aromatic N) is 3. The lowest BCUT2D eigenvalue weighted by atomic mass is 10.1. The fraction of sp³-hybridized carbons (Fsp3) is 0.154. The first-order valence-corrected chi connectivity index (χ1v) is 7.03. The average Bonchev–Trinajstić information content (AvgIpc) is 2.99. The van der Waals surface area contributed by atoms with E-state index in [1.807, 2.05) is 24.3 Å². The first-order valence-electron chi connectivity index (χ1n) is 6.15. The minimum atomic E-state index is -0.421. The van der Waals surface area contributed by atoms with Crippen molar-refractivity contribution in [1.29, 1.82) is 0 Å². The van der Waals surface area contributed by atoms with E-state index in [1.165, 1.54) is 21.3 Å². The van der Waals surface area contributed by atoms with E-state index in [2.05, 4.69) is 17.2 Å². The summed E-state index contributed by atoms with van der Waals surface area (Å²) in [6.07, 6.45) is 2.61. The van der Waals surface area contributed by atoms with Crippen LogP contribution in [0.4, 0.5) is 17.3 Å². The molecule has 0 aliphatic rings. The molecule has 0 bridgehead atoms. The van der Waals surface area contributed by atoms with Gasteiger partial charge in [-0.2, -0.15) is 9.38 Å². The van der Waals surface area contributed by atoms with E-state index in [0.717, 1.165) is 12.1 Å². The highest BCUT2D eigenvalue weighted by Gasteiger charge is 2.23. The van der Waals surface area contributed by atoms with E-state index in [9.17, 15) is 10.1 Å². The summed E-state index contributed by atoms with van der Waals surface area (Å²) in [5.74, 6) is 0.229. The van der Waals surface area contributed by atoms with Crippen molar-refractivity contribution < 1.29 is 4.92 Å². The molecule has 0 aliphatic heterocycles. The summed E-state index contributed by atoms with van der Waals surface area (Å²) in [6.45, 7) is 2.08. The summed E-state index contributed by atoms with van der Waals surface area (Å²) >= 11 is 1.36. The molecule has 1 aromatic carbocycles. The van der Waals surface area contributed by atoms with Crippen molar-refractivity contribution in [3.05, 3.63) is 51.5 Å². The Morgan fingerprint density at radius 2 is 2.15 bits per heavy atom. The van der Waals surface area contributed by atoms with Crippen molar-refractivity contribution in [2.45, 2.75) is 13.3 Å². The van der Waals surface area contributed by atoms with Crippen LogP contribution in [0.2, 0.25) is 0 Å². The van der Waals surface area contributed by atoms with Crippen LogP contribution in [-0.4, -0.2) is 14.3 Å². The lowest BCUT2D eigenvalue weighted by Crippen LogP contribution is -1.98. The summed E-state index contributed by atoms with van der Waals surface area (Å²) in [6, 6.07) is 7.78. The largest absolute Gasteiger partial charge is 0.373 e. The van der Waals surface area contributed by atoms with Gasteiger partial charge in [-0.1, -0.05) is 30.4 Å². The van der Waals surface area contributed by atoms with Gasteiger partial charge >= 0.3 is 5.82 Å². The standard InChI is InChI=1S/C13H12N4O2S/c1-2-9-3-5-10(6-4-9)14-11-12(17(18)19)16-7-8-20-13(16)15-11/h3-8,14H,2H2,1H3. The number of hydrogen-bond donors (Lipinski definition) is 1. The topological polar surface area (TPSA) is 72.5 Å². The molecule has 7 heteroatoms. The molecule has 1 N–H and O–H groups in total. The van der Waals surface area contributed by atoms with Gasteiger partial charge in [0.1, 0.15) is 6.20 Å². The Hall–Kier alpha value is -2.41. The van der Waals surface area contributed by atoms with Crippen LogP contribution in [0, 0.1) is 10.1 Å². The molecule has 2 aromatic heterocycles. The molecule has 0 saturated heterocycles. The molecule has 3 aromatic rings. The summed E-state index contributed by atoms with van der Waals surface area (Å²) in [7, 11) is 0. The molecule has 3 rings (SSSR count). The van der Waals surface area contributed by atoms with E-state index in [4.69, 9.17) is 0 Å². The third-order valence-corrected chi connectivity index (χ3v) is 3.79. The number of anilines is 2. The summed E-state index contributed by atoms with van der Waals surface area (Å²) in [4.78, 5) is 15.6. The Kier molecular flexibility index (Phi) is 3.11. The van der Waals surface area contributed by atoms with Crippen LogP contribution < -0.4 is 5.32 Å². The van der Waals surface area contributed by atoms with Crippen molar-refractivity contribution in [1.82, 2.24) is 9.38 Å². The summed E-state index contributed by atoms with van der Waals surface area (Å²) in [5.41, 5.74) is 2.01. The Balaban J connectivity index is 1.98. The number of rotatable bonds is 4. The van der Waals surface area contributed by atoms with E-state index >= 15 is 0 Å². The normalized spacial score (nSPS) is 10.8. The van der Waals surface area contributed by atoms with Crippen LogP contribution in [0.3, 0.4) is 0 Å². The van der Waals surface area contributed by atoms with Gasteiger partial charge in [-0.15, -0.1) is 0 Å². The molecule has 0 fully saturated rings. The second-order valence-electron chi connectivity index (χ2n) is 4.27. The van der Waals surface area contributed by atoms with Crippen molar-refractivity contribution >= 4 is 33.6 Å². The maximum atomic E-state index is 11.2. The number of hydrogen-bond acceptors (Lipinski definition) is 5. The smallest absolute Gasteiger partial charge is 0.358 e. The zero-order chi connectivity index (χ0) is 14.1. The third-order valence-electron chi connectivity index (χ3n) is 3.03. The summed E-state index contributed by atoms with van der Waals surface area (Å²) < 4.78 is 1.48. The highest BCUT2D eigenvalue weighted by molar-refractivity contribution is 7.15. The zero-order valence-electron chi connectivity index (χ0n) is 10.7. The first kappa shape index (κ1) is 12.6. The third kappa shape index (κ3) is 2.12. The monoisotopic (exact) mass is 288 g/mol. The SMILES string of the molecule is CCc1ccc(Nc2nc3sccn3c2[N+](=O)[O-])cc1. The average molecular weight is 288 g/mol. The predicted octanol–water partition coefficient (Wildman–Crippen LogP) is 3.61. The molecule has 0 radical (unpaired) electrons. The lowest BCUT2D eigenvalue weighted by Gasteiger charge is -2.04. The Morgan fingerprint density at radius 3 is 2.80 bits per heavy atom. The van der Waals surface area contributed by atoms with E-state index in [1.54, 1.807) is 11.6 Å². The predicted molar refractivity (Wildman–Crippen MR) is 78.8 cm³/mol. The number of imidazole rings is 1. The van der Waals surface area contributed by atoms with Crippen molar-refractivity contribution in [3.63, 3.8) is 0 Å². The van der Waals surface area contributed by atoms with Crippen LogP contribution in [0.1, 0.15) is 12.5 Å². The quantitative estimate of drug-likeness (QED) is 0.588. The van der Waals surface area contributed by atoms with Crippen molar-refractivity contribution in [3.8, 4) is 0 Å². The van der Waals surface area contributed by atoms with Crippen LogP contribution in [0.25, 0.3) is 4.96 Å². The molecule has 0 spiro atoms. The van der Waals surface area contributed by atoms with Gasteiger partial charge in [0.05, 0.1) is 0 Å². The van der Waals surface area contributed by atoms with Gasteiger partial charge in [0.25, 0.3) is 4.96 Å². The maximum absolute atomic E-state index is 11.2. The van der Waals surface area contributed by atoms with Gasteiger partial charge in [0.2, 0.25) is 5.82 Å². The number of thiazole rings is 1. The summed E-state index contributed by atoms with van der Waals surface area (Å²) in [5, 5.41) is 16.0. The molecular formula is C13H12N4O2S. The van der Waals surface area contributed by atoms with E-state index in [-0.39, 0.29) is 11.6 Å². The number of benzene rings is 1. The Bertz CT molecular complexity index is 760. The molecule has 0 amide bonds. The van der Waals surface area contributed by atoms with Crippen molar-refractivity contribution in [2.75, 3.05) is 5.32 Å². The van der Waals surface area contributed by atoms with E-state index < -0.39 is 4.92 Å². The molecule has 0 atom stereocenters. The molecule has 6 nitrogen and oxygen atoms in total. The Morgan fingerprint density at radius 1 is 1.40 bits per heavy atom. The first-order chi connectivity index (χ1) is 9.69. The van der Waals surface area contributed by atoms with Gasteiger partial charge < -0.3 is 15.4 Å². The van der Waals surface area contributed by atoms with Crippen LogP contribution in [-0.2, 0) is 6.42 Å². The fourth-order valence-corrected chi connectivity index (χ4v) is 2.70. The lowest BCUT2D eigenvalue weighted by molar-refractivity contribution is -0.389. The fourth-order valence-electron chi connectivity index (χ4n) is 1.99. The number of nitro groups is 1. The molecule has 102 valence electrons. The van der Waals surface area contributed by atoms with E-state index in [0.29, 0.717) is 4.96 Å². The van der Waals surface area contributed by atoms with Gasteiger partial charge in [-0.25, -0.2) is 0 Å². The molecule has 0 unspecified atom stereocenters. The molecule has 0 saturated carbocycles. The second-order valence-corrected chi connectivity index (χ2v) is 5.15. The molecule has 20 heavy (non-hydrogen) atoms. The molecular weight excluding hydrogens is 276 g/mol. The van der Waals surface area contributed by atoms with Crippen molar-refractivity contribution in [2.24, 2.45) is 0 Å². The molecule has 2 heterocycles. The van der Waals surface area contributed by atoms with Crippen LogP contribution >= 0.6 is 11.3 Å². The van der Waals surface area contributed by atoms with Gasteiger partial charge in [-0.05, 0) is 29.0 Å². The number of aromatic nitrogens is 2. The number of aryl methyl sites for hydroxylation is 1. The maximum Gasteiger partial charge on any atom is 0.373 e. The number of fused-ring (bicyclic) bond motifs is 1. The van der Waals surface area contributed by atoms with Crippen LogP contribution in [0.5, 0.6) is 0 Å². The van der Waals surface area contributed by atoms with Gasteiger partial charge in [0.15, 0.2) is 0 Å². The minimum absolute atomic E-state index is 0.0409. The zero-order valence-corrected chi connectivity index (χ0v) is 11.6. The second kappa shape index (κ2) is 4.93. The van der Waals surface area contributed by atoms with Gasteiger partial charge in [-0.3, -0.25) is 0 Å². The number of nitrogens with one attached hydrogen (secondary N) is 1. The van der Waals surface area contributed by atoms with Gasteiger partial charge in [0, 0.05) is 11.1 Å². The Labute approximate surface area is 118 Å². The highest BCUT2D eigenvalue weighted by atomic mass is 32.1.